The van der Waals surface area contributed by atoms with Crippen LogP contribution in [0.15, 0.2) is 30.0 Å². The fraction of sp³-hybridized carbons (Fsp3) is 0.0909. The maximum atomic E-state index is 11.4. The van der Waals surface area contributed by atoms with Crippen molar-refractivity contribution in [2.75, 3.05) is 0 Å². The van der Waals surface area contributed by atoms with Gasteiger partial charge in [-0.3, -0.25) is 25.1 Å². The number of nitrogens with zero attached hydrogens (tertiary/aromatic N) is 1. The van der Waals surface area contributed by atoms with E-state index in [0.29, 0.717) is 5.56 Å². The molecule has 0 spiro atoms. The molecule has 2 amide bonds. The molecule has 0 aliphatic rings. The number of amides is 2. The van der Waals surface area contributed by atoms with Crippen LogP contribution in [0.4, 0.5) is 5.69 Å². The zero-order chi connectivity index (χ0) is 14.4. The number of hydrazine groups is 1. The highest BCUT2D eigenvalue weighted by atomic mass is 16.6. The van der Waals surface area contributed by atoms with Gasteiger partial charge in [0.05, 0.1) is 4.92 Å². The van der Waals surface area contributed by atoms with Crippen LogP contribution in [-0.2, 0) is 9.59 Å². The van der Waals surface area contributed by atoms with Gasteiger partial charge in [-0.1, -0.05) is 0 Å². The van der Waals surface area contributed by atoms with Gasteiger partial charge >= 0.3 is 0 Å². The van der Waals surface area contributed by atoms with E-state index < -0.39 is 16.7 Å². The molecule has 1 rings (SSSR count). The van der Waals surface area contributed by atoms with Crippen LogP contribution in [0.1, 0.15) is 12.5 Å². The molecular formula is C11H12N4O4. The summed E-state index contributed by atoms with van der Waals surface area (Å²) in [5.41, 5.74) is 2.28. The number of carbonyl (C=O) groups excluding carboxylic acids is 2. The van der Waals surface area contributed by atoms with Crippen LogP contribution in [0.3, 0.4) is 0 Å². The number of benzene rings is 1. The molecule has 1 aromatic carbocycles. The zero-order valence-electron chi connectivity index (χ0n) is 10.0. The Morgan fingerprint density at radius 1 is 1.32 bits per heavy atom. The van der Waals surface area contributed by atoms with E-state index in [9.17, 15) is 19.7 Å². The van der Waals surface area contributed by atoms with Crippen molar-refractivity contribution < 1.29 is 14.5 Å². The molecule has 0 atom stereocenters. The third-order valence-electron chi connectivity index (χ3n) is 2.10. The van der Waals surface area contributed by atoms with Gasteiger partial charge in [0.1, 0.15) is 5.70 Å². The predicted octanol–water partition coefficient (Wildman–Crippen LogP) is 0.0617. The number of non-ortho nitro benzene ring substituents is 1. The van der Waals surface area contributed by atoms with Gasteiger partial charge in [-0.2, -0.15) is 0 Å². The number of nitrogens with one attached hydrogen (secondary N) is 2. The minimum atomic E-state index is -0.673. The van der Waals surface area contributed by atoms with E-state index in [1.54, 1.807) is 0 Å². The lowest BCUT2D eigenvalue weighted by Crippen LogP contribution is -2.37. The van der Waals surface area contributed by atoms with Gasteiger partial charge in [0.15, 0.2) is 0 Å². The maximum absolute atomic E-state index is 11.4. The van der Waals surface area contributed by atoms with Crippen LogP contribution in [0.25, 0.3) is 6.08 Å². The summed E-state index contributed by atoms with van der Waals surface area (Å²) >= 11 is 0. The van der Waals surface area contributed by atoms with E-state index in [4.69, 9.17) is 5.84 Å². The Labute approximate surface area is 108 Å². The first kappa shape index (κ1) is 14.3. The molecule has 8 nitrogen and oxygen atoms in total. The number of rotatable bonds is 4. The topological polar surface area (TPSA) is 127 Å². The Kier molecular flexibility index (Phi) is 4.72. The van der Waals surface area contributed by atoms with Crippen molar-refractivity contribution >= 4 is 23.6 Å². The number of nitro benzene ring substituents is 1. The van der Waals surface area contributed by atoms with Crippen molar-refractivity contribution in [1.29, 1.82) is 0 Å². The lowest BCUT2D eigenvalue weighted by Gasteiger charge is -2.06. The number of nitrogens with two attached hydrogens (primary N) is 1. The van der Waals surface area contributed by atoms with Gasteiger partial charge in [0.2, 0.25) is 5.91 Å². The fourth-order valence-electron chi connectivity index (χ4n) is 1.28. The highest BCUT2D eigenvalue weighted by Gasteiger charge is 2.10. The average molecular weight is 264 g/mol. The molecule has 0 saturated carbocycles. The number of hydrogen-bond donors (Lipinski definition) is 3. The van der Waals surface area contributed by atoms with Gasteiger partial charge in [0.25, 0.3) is 11.6 Å². The van der Waals surface area contributed by atoms with Gasteiger partial charge < -0.3 is 5.32 Å². The summed E-state index contributed by atoms with van der Waals surface area (Å²) < 4.78 is 0. The highest BCUT2D eigenvalue weighted by Crippen LogP contribution is 2.13. The number of carbonyl (C=O) groups is 2. The molecule has 0 unspecified atom stereocenters. The van der Waals surface area contributed by atoms with E-state index in [-0.39, 0.29) is 11.4 Å². The van der Waals surface area contributed by atoms with Gasteiger partial charge in [0, 0.05) is 19.1 Å². The third kappa shape index (κ3) is 4.21. The van der Waals surface area contributed by atoms with Gasteiger partial charge in [-0.05, 0) is 23.8 Å². The molecular weight excluding hydrogens is 252 g/mol. The Hall–Kier alpha value is -2.74. The molecule has 100 valence electrons. The molecule has 19 heavy (non-hydrogen) atoms. The fourth-order valence-corrected chi connectivity index (χ4v) is 1.28. The third-order valence-corrected chi connectivity index (χ3v) is 2.10. The Morgan fingerprint density at radius 3 is 2.32 bits per heavy atom. The highest BCUT2D eigenvalue weighted by molar-refractivity contribution is 6.00. The monoisotopic (exact) mass is 264 g/mol. The molecule has 0 aliphatic carbocycles. The van der Waals surface area contributed by atoms with Crippen LogP contribution < -0.4 is 16.6 Å². The van der Waals surface area contributed by atoms with Crippen LogP contribution in [0, 0.1) is 10.1 Å². The van der Waals surface area contributed by atoms with Crippen molar-refractivity contribution in [2.24, 2.45) is 5.84 Å². The largest absolute Gasteiger partial charge is 0.322 e. The summed E-state index contributed by atoms with van der Waals surface area (Å²) in [5.74, 6) is 3.88. The van der Waals surface area contributed by atoms with E-state index >= 15 is 0 Å². The van der Waals surface area contributed by atoms with E-state index in [1.807, 2.05) is 5.43 Å². The standard InChI is InChI=1S/C11H12N4O4/c1-7(16)13-10(11(17)14-12)6-8-2-4-9(5-3-8)15(18)19/h2-6H,12H2,1H3,(H,13,16)(H,14,17). The van der Waals surface area contributed by atoms with Crippen molar-refractivity contribution in [3.8, 4) is 0 Å². The van der Waals surface area contributed by atoms with E-state index in [0.717, 1.165) is 0 Å². The first-order chi connectivity index (χ1) is 8.93. The predicted molar refractivity (Wildman–Crippen MR) is 67.2 cm³/mol. The molecule has 0 aliphatic heterocycles. The zero-order valence-corrected chi connectivity index (χ0v) is 10.0. The lowest BCUT2D eigenvalue weighted by molar-refractivity contribution is -0.384. The SMILES string of the molecule is CC(=O)NC(=Cc1ccc([N+](=O)[O-])cc1)C(=O)NN. The van der Waals surface area contributed by atoms with Crippen molar-refractivity contribution in [2.45, 2.75) is 6.92 Å². The second kappa shape index (κ2) is 6.26. The summed E-state index contributed by atoms with van der Waals surface area (Å²) in [5, 5.41) is 12.8. The van der Waals surface area contributed by atoms with Crippen molar-refractivity contribution in [1.82, 2.24) is 10.7 Å². The molecule has 4 N–H and O–H groups in total. The minimum Gasteiger partial charge on any atom is -0.322 e. The molecule has 1 aromatic rings. The average Bonchev–Trinajstić information content (AvgIpc) is 2.37. The first-order valence-electron chi connectivity index (χ1n) is 5.18. The lowest BCUT2D eigenvalue weighted by atomic mass is 10.1. The second-order valence-electron chi connectivity index (χ2n) is 3.56. The Bertz CT molecular complexity index is 536. The molecule has 0 radical (unpaired) electrons. The molecule has 0 fully saturated rings. The molecule has 0 aromatic heterocycles. The normalized spacial score (nSPS) is 10.7. The van der Waals surface area contributed by atoms with Crippen molar-refractivity contribution in [3.63, 3.8) is 0 Å². The molecule has 8 heteroatoms. The maximum Gasteiger partial charge on any atom is 0.281 e. The second-order valence-corrected chi connectivity index (χ2v) is 3.56. The molecule has 0 heterocycles. The first-order valence-corrected chi connectivity index (χ1v) is 5.18. The number of nitro groups is 1. The van der Waals surface area contributed by atoms with Crippen LogP contribution in [0.5, 0.6) is 0 Å². The molecule has 0 bridgehead atoms. The molecule has 0 saturated heterocycles. The number of hydrogen-bond acceptors (Lipinski definition) is 5. The van der Waals surface area contributed by atoms with Crippen LogP contribution >= 0.6 is 0 Å². The summed E-state index contributed by atoms with van der Waals surface area (Å²) in [6.45, 7) is 1.24. The Balaban J connectivity index is 3.03. The summed E-state index contributed by atoms with van der Waals surface area (Å²) in [6.07, 6.45) is 1.35. The summed E-state index contributed by atoms with van der Waals surface area (Å²) in [4.78, 5) is 32.3. The smallest absolute Gasteiger partial charge is 0.281 e. The van der Waals surface area contributed by atoms with Crippen LogP contribution in [0.2, 0.25) is 0 Å². The quantitative estimate of drug-likeness (QED) is 0.233. The minimum absolute atomic E-state index is 0.0520. The Morgan fingerprint density at radius 2 is 1.89 bits per heavy atom. The van der Waals surface area contributed by atoms with Crippen molar-refractivity contribution in [3.05, 3.63) is 45.6 Å². The summed E-state index contributed by atoms with van der Waals surface area (Å²) in [7, 11) is 0. The summed E-state index contributed by atoms with van der Waals surface area (Å²) in [6, 6.07) is 5.47. The van der Waals surface area contributed by atoms with Crippen LogP contribution in [-0.4, -0.2) is 16.7 Å². The van der Waals surface area contributed by atoms with E-state index in [1.165, 1.54) is 37.3 Å². The van der Waals surface area contributed by atoms with Gasteiger partial charge in [-0.25, -0.2) is 5.84 Å². The van der Waals surface area contributed by atoms with Gasteiger partial charge in [-0.15, -0.1) is 0 Å². The van der Waals surface area contributed by atoms with E-state index in [2.05, 4.69) is 5.32 Å².